The molecule has 0 fully saturated rings. The van der Waals surface area contributed by atoms with E-state index < -0.39 is 0 Å². The van der Waals surface area contributed by atoms with E-state index in [4.69, 9.17) is 25.6 Å². The van der Waals surface area contributed by atoms with Crippen molar-refractivity contribution in [2.45, 2.75) is 39.2 Å². The maximum Gasteiger partial charge on any atom is 0.260 e. The topological polar surface area (TPSA) is 64.8 Å². The van der Waals surface area contributed by atoms with Gasteiger partial charge in [0, 0.05) is 28.3 Å². The molecule has 0 spiro atoms. The van der Waals surface area contributed by atoms with E-state index in [9.17, 15) is 4.79 Å². The van der Waals surface area contributed by atoms with E-state index in [1.807, 2.05) is 42.5 Å². The summed E-state index contributed by atoms with van der Waals surface area (Å²) < 4.78 is 16.9. The Kier molecular flexibility index (Phi) is 6.15. The number of aromatic nitrogens is 1. The molecule has 2 aromatic carbocycles. The summed E-state index contributed by atoms with van der Waals surface area (Å²) in [5.41, 5.74) is 3.61. The molecular formula is C25H27ClN2O4. The molecule has 3 aromatic rings. The van der Waals surface area contributed by atoms with E-state index in [-0.39, 0.29) is 17.9 Å². The summed E-state index contributed by atoms with van der Waals surface area (Å²) in [6, 6.07) is 13.1. The van der Waals surface area contributed by atoms with Crippen LogP contribution in [0.1, 0.15) is 37.6 Å². The first kappa shape index (κ1) is 22.2. The zero-order chi connectivity index (χ0) is 22.9. The van der Waals surface area contributed by atoms with E-state index >= 15 is 0 Å². The monoisotopic (exact) mass is 454 g/mol. The van der Waals surface area contributed by atoms with Gasteiger partial charge >= 0.3 is 0 Å². The molecule has 0 N–H and O–H groups in total. The van der Waals surface area contributed by atoms with Crippen molar-refractivity contribution >= 4 is 17.5 Å². The molecule has 7 heteroatoms. The van der Waals surface area contributed by atoms with E-state index in [0.717, 1.165) is 33.9 Å². The maximum atomic E-state index is 12.9. The van der Waals surface area contributed by atoms with E-state index in [1.54, 1.807) is 12.0 Å². The number of rotatable bonds is 5. The van der Waals surface area contributed by atoms with Gasteiger partial charge in [-0.05, 0) is 54.3 Å². The van der Waals surface area contributed by atoms with Crippen molar-refractivity contribution < 1.29 is 18.8 Å². The largest absolute Gasteiger partial charge is 0.497 e. The third-order valence-corrected chi connectivity index (χ3v) is 5.90. The first-order chi connectivity index (χ1) is 15.3. The molecule has 2 heterocycles. The van der Waals surface area contributed by atoms with Crippen LogP contribution in [0.2, 0.25) is 5.02 Å². The fraction of sp³-hybridized carbons (Fsp3) is 0.360. The summed E-state index contributed by atoms with van der Waals surface area (Å²) in [6.07, 6.45) is 0.679. The number of methoxy groups -OCH3 is 1. The highest BCUT2D eigenvalue weighted by Gasteiger charge is 2.28. The number of hydrogen-bond acceptors (Lipinski definition) is 5. The van der Waals surface area contributed by atoms with Gasteiger partial charge in [0.15, 0.2) is 12.4 Å². The molecule has 168 valence electrons. The van der Waals surface area contributed by atoms with Gasteiger partial charge in [-0.25, -0.2) is 0 Å². The molecule has 1 aliphatic rings. The number of benzene rings is 2. The van der Waals surface area contributed by atoms with Crippen LogP contribution in [0.4, 0.5) is 0 Å². The average Bonchev–Trinajstić information content (AvgIpc) is 3.20. The molecule has 1 aliphatic heterocycles. The Labute approximate surface area is 193 Å². The van der Waals surface area contributed by atoms with Crippen molar-refractivity contribution in [3.8, 4) is 22.8 Å². The van der Waals surface area contributed by atoms with Crippen molar-refractivity contribution in [3.05, 3.63) is 64.3 Å². The van der Waals surface area contributed by atoms with Crippen LogP contribution in [0.15, 0.2) is 47.0 Å². The highest BCUT2D eigenvalue weighted by molar-refractivity contribution is 6.30. The van der Waals surface area contributed by atoms with Gasteiger partial charge in [0.05, 0.1) is 13.7 Å². The lowest BCUT2D eigenvalue weighted by molar-refractivity contribution is -0.134. The Morgan fingerprint density at radius 1 is 1.19 bits per heavy atom. The summed E-state index contributed by atoms with van der Waals surface area (Å²) in [4.78, 5) is 14.6. The van der Waals surface area contributed by atoms with Gasteiger partial charge in [-0.15, -0.1) is 0 Å². The predicted molar refractivity (Wildman–Crippen MR) is 123 cm³/mol. The maximum absolute atomic E-state index is 12.9. The molecule has 0 aliphatic carbocycles. The fourth-order valence-corrected chi connectivity index (χ4v) is 3.98. The molecule has 0 unspecified atom stereocenters. The van der Waals surface area contributed by atoms with Gasteiger partial charge in [-0.2, -0.15) is 0 Å². The standard InChI is InChI=1S/C25H27ClN2O4/c1-25(2,3)20-13-18(30-4)9-10-22(20)31-15-23(29)28-12-11-19-21(14-28)27-32-24(19)16-5-7-17(26)8-6-16/h5-10,13H,11-12,14-15H2,1-4H3. The van der Waals surface area contributed by atoms with Crippen molar-refractivity contribution in [2.24, 2.45) is 0 Å². The minimum Gasteiger partial charge on any atom is -0.497 e. The van der Waals surface area contributed by atoms with Crippen LogP contribution in [0.25, 0.3) is 11.3 Å². The van der Waals surface area contributed by atoms with Crippen molar-refractivity contribution in [1.29, 1.82) is 0 Å². The van der Waals surface area contributed by atoms with E-state index in [1.165, 1.54) is 0 Å². The Balaban J connectivity index is 1.44. The second-order valence-corrected chi connectivity index (χ2v) is 9.35. The van der Waals surface area contributed by atoms with Crippen LogP contribution < -0.4 is 9.47 Å². The first-order valence-electron chi connectivity index (χ1n) is 10.6. The lowest BCUT2D eigenvalue weighted by Gasteiger charge is -2.27. The number of carbonyl (C=O) groups is 1. The molecule has 32 heavy (non-hydrogen) atoms. The summed E-state index contributed by atoms with van der Waals surface area (Å²) in [7, 11) is 1.64. The first-order valence-corrected chi connectivity index (χ1v) is 11.0. The molecule has 0 bridgehead atoms. The van der Waals surface area contributed by atoms with Crippen molar-refractivity contribution in [2.75, 3.05) is 20.3 Å². The van der Waals surface area contributed by atoms with Crippen LogP contribution in [0, 0.1) is 0 Å². The van der Waals surface area contributed by atoms with Gasteiger partial charge in [0.25, 0.3) is 5.91 Å². The number of nitrogens with zero attached hydrogens (tertiary/aromatic N) is 2. The number of hydrogen-bond donors (Lipinski definition) is 0. The third kappa shape index (κ3) is 4.60. The van der Waals surface area contributed by atoms with Gasteiger partial charge in [0.2, 0.25) is 0 Å². The van der Waals surface area contributed by atoms with Crippen LogP contribution >= 0.6 is 11.6 Å². The molecule has 6 nitrogen and oxygen atoms in total. The van der Waals surface area contributed by atoms with E-state index in [2.05, 4.69) is 25.9 Å². The minimum absolute atomic E-state index is 0.0351. The smallest absolute Gasteiger partial charge is 0.260 e. The molecular weight excluding hydrogens is 428 g/mol. The lowest BCUT2D eigenvalue weighted by Crippen LogP contribution is -2.39. The normalized spacial score (nSPS) is 13.6. The molecule has 0 radical (unpaired) electrons. The summed E-state index contributed by atoms with van der Waals surface area (Å²) in [5, 5.41) is 4.89. The number of halogens is 1. The number of carbonyl (C=O) groups excluding carboxylic acids is 1. The highest BCUT2D eigenvalue weighted by atomic mass is 35.5. The van der Waals surface area contributed by atoms with Crippen molar-refractivity contribution in [1.82, 2.24) is 10.1 Å². The Hall–Kier alpha value is -2.99. The Morgan fingerprint density at radius 2 is 1.94 bits per heavy atom. The summed E-state index contributed by atoms with van der Waals surface area (Å²) in [6.45, 7) is 7.27. The van der Waals surface area contributed by atoms with Crippen LogP contribution in [0.3, 0.4) is 0 Å². The number of amides is 1. The molecule has 0 saturated heterocycles. The molecule has 1 amide bonds. The SMILES string of the molecule is COc1ccc(OCC(=O)N2CCc3c(noc3-c3ccc(Cl)cc3)C2)c(C(C)(C)C)c1. The summed E-state index contributed by atoms with van der Waals surface area (Å²) in [5.74, 6) is 2.12. The minimum atomic E-state index is -0.147. The zero-order valence-electron chi connectivity index (χ0n) is 18.8. The molecule has 1 aromatic heterocycles. The predicted octanol–water partition coefficient (Wildman–Crippen LogP) is 5.26. The second-order valence-electron chi connectivity index (χ2n) is 8.91. The summed E-state index contributed by atoms with van der Waals surface area (Å²) >= 11 is 5.99. The number of fused-ring (bicyclic) bond motifs is 1. The average molecular weight is 455 g/mol. The van der Waals surface area contributed by atoms with Crippen LogP contribution in [-0.4, -0.2) is 36.2 Å². The molecule has 4 rings (SSSR count). The highest BCUT2D eigenvalue weighted by Crippen LogP contribution is 2.35. The van der Waals surface area contributed by atoms with Gasteiger partial charge in [-0.3, -0.25) is 4.79 Å². The van der Waals surface area contributed by atoms with Crippen molar-refractivity contribution in [3.63, 3.8) is 0 Å². The van der Waals surface area contributed by atoms with Crippen LogP contribution in [0.5, 0.6) is 11.5 Å². The molecule has 0 saturated carbocycles. The van der Waals surface area contributed by atoms with E-state index in [0.29, 0.717) is 30.3 Å². The molecule has 0 atom stereocenters. The van der Waals surface area contributed by atoms with Gasteiger partial charge in [0.1, 0.15) is 17.2 Å². The zero-order valence-corrected chi connectivity index (χ0v) is 19.5. The quantitative estimate of drug-likeness (QED) is 0.525. The Bertz CT molecular complexity index is 1120. The third-order valence-electron chi connectivity index (χ3n) is 5.65. The lowest BCUT2D eigenvalue weighted by atomic mass is 9.86. The fourth-order valence-electron chi connectivity index (χ4n) is 3.85. The van der Waals surface area contributed by atoms with Gasteiger partial charge < -0.3 is 18.9 Å². The number of ether oxygens (including phenoxy) is 2. The van der Waals surface area contributed by atoms with Crippen LogP contribution in [-0.2, 0) is 23.2 Å². The Morgan fingerprint density at radius 3 is 2.62 bits per heavy atom. The second kappa shape index (κ2) is 8.87. The van der Waals surface area contributed by atoms with Gasteiger partial charge in [-0.1, -0.05) is 37.5 Å².